The number of hydrogen-bond acceptors (Lipinski definition) is 2. The number of benzene rings is 2. The Labute approximate surface area is 160 Å². The van der Waals surface area contributed by atoms with Crippen LogP contribution >= 0.6 is 11.6 Å². The highest BCUT2D eigenvalue weighted by Gasteiger charge is 2.31. The minimum atomic E-state index is -4.49. The van der Waals surface area contributed by atoms with Gasteiger partial charge < -0.3 is 19.2 Å². The van der Waals surface area contributed by atoms with Crippen LogP contribution in [-0.2, 0) is 17.4 Å². The predicted octanol–water partition coefficient (Wildman–Crippen LogP) is 5.51. The van der Waals surface area contributed by atoms with Crippen LogP contribution in [0.2, 0.25) is 5.02 Å². The highest BCUT2D eigenvalue weighted by molar-refractivity contribution is 6.32. The number of carboxylic acids is 1. The molecule has 0 atom stereocenters. The van der Waals surface area contributed by atoms with Gasteiger partial charge in [-0.1, -0.05) is 11.6 Å². The van der Waals surface area contributed by atoms with Crippen molar-refractivity contribution >= 4 is 34.0 Å². The van der Waals surface area contributed by atoms with Crippen LogP contribution in [0.15, 0.2) is 48.8 Å². The number of aromatic amines is 1. The third-order valence-electron chi connectivity index (χ3n) is 4.34. The number of aliphatic carboxylic acids is 1. The SMILES string of the molecule is O=C(O)Cc1c2ccc(Oc3ccc(C(F)(F)F)cc3Cl)cc2c2[nH]ccn12. The zero-order valence-electron chi connectivity index (χ0n) is 14.0. The molecular weight excluding hydrogens is 397 g/mol. The van der Waals surface area contributed by atoms with Gasteiger partial charge in [0.15, 0.2) is 0 Å². The number of H-pyrrole nitrogens is 1. The summed E-state index contributed by atoms with van der Waals surface area (Å²) in [6.45, 7) is 0. The van der Waals surface area contributed by atoms with E-state index in [2.05, 4.69) is 4.98 Å². The second-order valence-corrected chi connectivity index (χ2v) is 6.56. The van der Waals surface area contributed by atoms with Gasteiger partial charge in [-0.05, 0) is 36.4 Å². The molecule has 0 saturated heterocycles. The molecule has 9 heteroatoms. The van der Waals surface area contributed by atoms with Gasteiger partial charge in [0.2, 0.25) is 0 Å². The fourth-order valence-corrected chi connectivity index (χ4v) is 3.36. The number of imidazole rings is 1. The third-order valence-corrected chi connectivity index (χ3v) is 4.63. The van der Waals surface area contributed by atoms with Gasteiger partial charge in [-0.3, -0.25) is 4.79 Å². The maximum absolute atomic E-state index is 12.8. The summed E-state index contributed by atoms with van der Waals surface area (Å²) >= 11 is 5.94. The van der Waals surface area contributed by atoms with Crippen LogP contribution in [-0.4, -0.2) is 20.5 Å². The molecule has 0 spiro atoms. The number of hydrogen-bond donors (Lipinski definition) is 2. The van der Waals surface area contributed by atoms with Crippen molar-refractivity contribution in [3.63, 3.8) is 0 Å². The largest absolute Gasteiger partial charge is 0.481 e. The number of fused-ring (bicyclic) bond motifs is 3. The lowest BCUT2D eigenvalue weighted by Crippen LogP contribution is -2.04. The zero-order valence-corrected chi connectivity index (χ0v) is 14.8. The molecule has 0 radical (unpaired) electrons. The predicted molar refractivity (Wildman–Crippen MR) is 97.1 cm³/mol. The van der Waals surface area contributed by atoms with E-state index < -0.39 is 17.7 Å². The smallest absolute Gasteiger partial charge is 0.416 e. The van der Waals surface area contributed by atoms with E-state index in [1.54, 1.807) is 35.0 Å². The summed E-state index contributed by atoms with van der Waals surface area (Å²) in [4.78, 5) is 14.2. The van der Waals surface area contributed by atoms with E-state index in [-0.39, 0.29) is 17.2 Å². The normalized spacial score (nSPS) is 12.0. The summed E-state index contributed by atoms with van der Waals surface area (Å²) in [6.07, 6.45) is -1.25. The molecule has 0 aliphatic carbocycles. The number of carboxylic acid groups (broad SMARTS) is 1. The molecule has 0 unspecified atom stereocenters. The van der Waals surface area contributed by atoms with Gasteiger partial charge in [-0.25, -0.2) is 0 Å². The molecule has 28 heavy (non-hydrogen) atoms. The van der Waals surface area contributed by atoms with Gasteiger partial charge in [0.05, 0.1) is 17.0 Å². The molecule has 2 N–H and O–H groups in total. The Kier molecular flexibility index (Phi) is 4.23. The highest BCUT2D eigenvalue weighted by atomic mass is 35.5. The van der Waals surface area contributed by atoms with Gasteiger partial charge in [0.1, 0.15) is 17.1 Å². The molecule has 0 fully saturated rings. The van der Waals surface area contributed by atoms with E-state index >= 15 is 0 Å². The summed E-state index contributed by atoms with van der Waals surface area (Å²) in [7, 11) is 0. The van der Waals surface area contributed by atoms with Crippen molar-refractivity contribution in [1.82, 2.24) is 9.38 Å². The van der Waals surface area contributed by atoms with Crippen LogP contribution in [0.5, 0.6) is 11.5 Å². The topological polar surface area (TPSA) is 66.7 Å². The Morgan fingerprint density at radius 3 is 2.64 bits per heavy atom. The number of nitrogens with one attached hydrogen (secondary N) is 1. The van der Waals surface area contributed by atoms with Crippen molar-refractivity contribution in [3.8, 4) is 11.5 Å². The van der Waals surface area contributed by atoms with Crippen molar-refractivity contribution in [2.45, 2.75) is 12.6 Å². The van der Waals surface area contributed by atoms with E-state index in [4.69, 9.17) is 21.4 Å². The highest BCUT2D eigenvalue weighted by Crippen LogP contribution is 2.37. The second-order valence-electron chi connectivity index (χ2n) is 6.15. The van der Waals surface area contributed by atoms with E-state index in [1.807, 2.05) is 0 Å². The molecule has 144 valence electrons. The van der Waals surface area contributed by atoms with E-state index in [0.29, 0.717) is 17.1 Å². The van der Waals surface area contributed by atoms with Gasteiger partial charge >= 0.3 is 12.1 Å². The molecule has 0 aliphatic heterocycles. The number of alkyl halides is 3. The van der Waals surface area contributed by atoms with Gasteiger partial charge in [-0.2, -0.15) is 13.2 Å². The Morgan fingerprint density at radius 2 is 1.96 bits per heavy atom. The van der Waals surface area contributed by atoms with Crippen LogP contribution in [0.25, 0.3) is 16.4 Å². The Hall–Kier alpha value is -3.13. The molecule has 2 aromatic heterocycles. The Morgan fingerprint density at radius 1 is 1.18 bits per heavy atom. The van der Waals surface area contributed by atoms with E-state index in [1.165, 1.54) is 0 Å². The minimum absolute atomic E-state index is 0.0849. The Balaban J connectivity index is 1.74. The number of ether oxygens (including phenoxy) is 1. The first kappa shape index (κ1) is 18.2. The average molecular weight is 409 g/mol. The number of halogens is 4. The minimum Gasteiger partial charge on any atom is -0.481 e. The van der Waals surface area contributed by atoms with Crippen LogP contribution < -0.4 is 4.74 Å². The van der Waals surface area contributed by atoms with Crippen molar-refractivity contribution in [2.24, 2.45) is 0 Å². The maximum Gasteiger partial charge on any atom is 0.416 e. The molecule has 2 aromatic carbocycles. The van der Waals surface area contributed by atoms with Gasteiger partial charge in [0.25, 0.3) is 0 Å². The molecule has 0 aliphatic rings. The van der Waals surface area contributed by atoms with Crippen molar-refractivity contribution in [3.05, 3.63) is 65.1 Å². The molecule has 2 heterocycles. The van der Waals surface area contributed by atoms with Crippen molar-refractivity contribution < 1.29 is 27.8 Å². The third kappa shape index (κ3) is 3.16. The fraction of sp³-hybridized carbons (Fsp3) is 0.105. The summed E-state index contributed by atoms with van der Waals surface area (Å²) in [6, 6.07) is 7.87. The number of carbonyl (C=O) groups is 1. The lowest BCUT2D eigenvalue weighted by molar-refractivity contribution is -0.138. The lowest BCUT2D eigenvalue weighted by Gasteiger charge is -2.11. The van der Waals surface area contributed by atoms with Gasteiger partial charge in [0, 0.05) is 28.9 Å². The molecule has 0 saturated carbocycles. The summed E-state index contributed by atoms with van der Waals surface area (Å²) in [5, 5.41) is 10.5. The van der Waals surface area contributed by atoms with Crippen LogP contribution in [0.1, 0.15) is 11.3 Å². The van der Waals surface area contributed by atoms with E-state index in [0.717, 1.165) is 29.0 Å². The second kappa shape index (κ2) is 6.49. The lowest BCUT2D eigenvalue weighted by atomic mass is 10.1. The molecule has 4 rings (SSSR count). The summed E-state index contributed by atoms with van der Waals surface area (Å²) in [5.41, 5.74) is 0.437. The molecule has 0 bridgehead atoms. The number of nitrogens with zero attached hydrogens (tertiary/aromatic N) is 1. The average Bonchev–Trinajstić information content (AvgIpc) is 3.18. The van der Waals surface area contributed by atoms with Crippen LogP contribution in [0.4, 0.5) is 13.2 Å². The van der Waals surface area contributed by atoms with Crippen molar-refractivity contribution in [2.75, 3.05) is 0 Å². The first-order valence-corrected chi connectivity index (χ1v) is 8.48. The zero-order chi connectivity index (χ0) is 20.1. The monoisotopic (exact) mass is 408 g/mol. The van der Waals surface area contributed by atoms with E-state index in [9.17, 15) is 18.0 Å². The first-order chi connectivity index (χ1) is 13.2. The van der Waals surface area contributed by atoms with Crippen LogP contribution in [0, 0.1) is 0 Å². The van der Waals surface area contributed by atoms with Crippen molar-refractivity contribution in [1.29, 1.82) is 0 Å². The maximum atomic E-state index is 12.8. The number of rotatable bonds is 4. The summed E-state index contributed by atoms with van der Waals surface area (Å²) < 4.78 is 45.7. The number of aromatic nitrogens is 2. The Bertz CT molecular complexity index is 1210. The fourth-order valence-electron chi connectivity index (χ4n) is 3.14. The molecule has 4 aromatic rings. The van der Waals surface area contributed by atoms with Gasteiger partial charge in [-0.15, -0.1) is 0 Å². The summed E-state index contributed by atoms with van der Waals surface area (Å²) in [5.74, 6) is -0.515. The quantitative estimate of drug-likeness (QED) is 0.467. The standard InChI is InChI=1S/C19H12ClF3N2O3/c20-14-7-10(19(21,22)23)1-4-16(14)28-11-2-3-12-13(8-11)18-24-5-6-25(18)15(12)9-17(26)27/h1-8,24H,9H2,(H,26,27). The molecular formula is C19H12ClF3N2O3. The molecule has 5 nitrogen and oxygen atoms in total. The van der Waals surface area contributed by atoms with Crippen LogP contribution in [0.3, 0.4) is 0 Å². The molecule has 0 amide bonds. The first-order valence-electron chi connectivity index (χ1n) is 8.10.